The molecule has 23 heavy (non-hydrogen) atoms. The maximum Gasteiger partial charge on any atom is 0.259 e. The fraction of sp³-hybridized carbons (Fsp3) is 0.588. The molecule has 2 fully saturated rings. The van der Waals surface area contributed by atoms with Crippen LogP contribution in [-0.4, -0.2) is 52.2 Å². The molecular formula is C17H23N5O. The van der Waals surface area contributed by atoms with Gasteiger partial charge in [-0.15, -0.1) is 0 Å². The van der Waals surface area contributed by atoms with Gasteiger partial charge in [-0.1, -0.05) is 19.0 Å². The van der Waals surface area contributed by atoms with Crippen molar-refractivity contribution >= 4 is 5.82 Å². The third-order valence-electron chi connectivity index (χ3n) is 4.86. The molecule has 0 bridgehead atoms. The van der Waals surface area contributed by atoms with Crippen LogP contribution in [0.15, 0.2) is 22.9 Å². The van der Waals surface area contributed by atoms with E-state index in [1.807, 2.05) is 12.3 Å². The normalized spacial score (nSPS) is 21.9. The summed E-state index contributed by atoms with van der Waals surface area (Å²) in [4.78, 5) is 14.1. The molecule has 122 valence electrons. The minimum absolute atomic E-state index is 0.266. The van der Waals surface area contributed by atoms with E-state index in [0.717, 1.165) is 36.8 Å². The standard InChI is InChI=1S/C17H23N5O/c1-12(2)16-19-17(23-20-16)13-5-6-15(18-10-13)22-9-8-21-7-3-4-14(21)11-22/h5-6,10,12,14H,3-4,7-9,11H2,1-2H3/t14-/m0/s1. The molecule has 0 aromatic carbocycles. The van der Waals surface area contributed by atoms with E-state index >= 15 is 0 Å². The second-order valence-electron chi connectivity index (χ2n) is 6.80. The van der Waals surface area contributed by atoms with E-state index in [0.29, 0.717) is 11.9 Å². The first-order valence-electron chi connectivity index (χ1n) is 8.50. The van der Waals surface area contributed by atoms with Gasteiger partial charge >= 0.3 is 0 Å². The van der Waals surface area contributed by atoms with Crippen LogP contribution in [0.5, 0.6) is 0 Å². The van der Waals surface area contributed by atoms with Gasteiger partial charge in [0, 0.05) is 37.8 Å². The number of hydrogen-bond donors (Lipinski definition) is 0. The zero-order valence-corrected chi connectivity index (χ0v) is 13.8. The van der Waals surface area contributed by atoms with E-state index in [1.54, 1.807) is 0 Å². The largest absolute Gasteiger partial charge is 0.354 e. The van der Waals surface area contributed by atoms with Crippen LogP contribution in [0, 0.1) is 0 Å². The lowest BCUT2D eigenvalue weighted by Gasteiger charge is -2.38. The van der Waals surface area contributed by atoms with Crippen LogP contribution in [0.4, 0.5) is 5.82 Å². The van der Waals surface area contributed by atoms with Gasteiger partial charge in [-0.25, -0.2) is 4.98 Å². The zero-order valence-electron chi connectivity index (χ0n) is 13.8. The van der Waals surface area contributed by atoms with Gasteiger partial charge in [0.15, 0.2) is 5.82 Å². The van der Waals surface area contributed by atoms with Crippen molar-refractivity contribution in [1.82, 2.24) is 20.0 Å². The van der Waals surface area contributed by atoms with Crippen molar-refractivity contribution in [3.05, 3.63) is 24.2 Å². The average molecular weight is 313 g/mol. The Hall–Kier alpha value is -1.95. The fourth-order valence-electron chi connectivity index (χ4n) is 3.49. The first-order chi connectivity index (χ1) is 11.2. The van der Waals surface area contributed by atoms with E-state index in [-0.39, 0.29) is 5.92 Å². The molecule has 4 heterocycles. The third kappa shape index (κ3) is 2.83. The zero-order chi connectivity index (χ0) is 15.8. The van der Waals surface area contributed by atoms with Crippen LogP contribution in [0.2, 0.25) is 0 Å². The second kappa shape index (κ2) is 5.92. The van der Waals surface area contributed by atoms with Gasteiger partial charge in [-0.05, 0) is 31.5 Å². The summed E-state index contributed by atoms with van der Waals surface area (Å²) in [7, 11) is 0. The van der Waals surface area contributed by atoms with Crippen molar-refractivity contribution in [3.63, 3.8) is 0 Å². The molecule has 0 spiro atoms. The van der Waals surface area contributed by atoms with Crippen molar-refractivity contribution in [3.8, 4) is 11.5 Å². The topological polar surface area (TPSA) is 58.3 Å². The van der Waals surface area contributed by atoms with E-state index < -0.39 is 0 Å². The molecular weight excluding hydrogens is 290 g/mol. The first-order valence-corrected chi connectivity index (χ1v) is 8.50. The predicted molar refractivity (Wildman–Crippen MR) is 88.4 cm³/mol. The quantitative estimate of drug-likeness (QED) is 0.868. The number of nitrogens with zero attached hydrogens (tertiary/aromatic N) is 5. The van der Waals surface area contributed by atoms with Gasteiger partial charge < -0.3 is 9.42 Å². The minimum Gasteiger partial charge on any atom is -0.354 e. The molecule has 0 amide bonds. The molecule has 0 N–H and O–H groups in total. The van der Waals surface area contributed by atoms with Crippen molar-refractivity contribution in [2.45, 2.75) is 38.6 Å². The van der Waals surface area contributed by atoms with Crippen molar-refractivity contribution in [1.29, 1.82) is 0 Å². The fourth-order valence-corrected chi connectivity index (χ4v) is 3.49. The van der Waals surface area contributed by atoms with Crippen molar-refractivity contribution in [2.75, 3.05) is 31.1 Å². The van der Waals surface area contributed by atoms with Crippen LogP contribution in [0.3, 0.4) is 0 Å². The smallest absolute Gasteiger partial charge is 0.259 e. The van der Waals surface area contributed by atoms with Gasteiger partial charge in [0.2, 0.25) is 0 Å². The predicted octanol–water partition coefficient (Wildman–Crippen LogP) is 2.54. The van der Waals surface area contributed by atoms with E-state index in [4.69, 9.17) is 4.52 Å². The maximum absolute atomic E-state index is 5.33. The maximum atomic E-state index is 5.33. The summed E-state index contributed by atoms with van der Waals surface area (Å²) in [5, 5.41) is 4.01. The molecule has 4 rings (SSSR count). The van der Waals surface area contributed by atoms with E-state index in [1.165, 1.54) is 19.4 Å². The highest BCUT2D eigenvalue weighted by atomic mass is 16.5. The summed E-state index contributed by atoms with van der Waals surface area (Å²) >= 11 is 0. The van der Waals surface area contributed by atoms with Gasteiger partial charge in [0.25, 0.3) is 5.89 Å². The Balaban J connectivity index is 1.49. The summed E-state index contributed by atoms with van der Waals surface area (Å²) in [6, 6.07) is 4.80. The summed E-state index contributed by atoms with van der Waals surface area (Å²) in [5.41, 5.74) is 0.882. The van der Waals surface area contributed by atoms with E-state index in [2.05, 4.69) is 44.8 Å². The lowest BCUT2D eigenvalue weighted by Crippen LogP contribution is -2.50. The van der Waals surface area contributed by atoms with E-state index in [9.17, 15) is 0 Å². The molecule has 2 saturated heterocycles. The third-order valence-corrected chi connectivity index (χ3v) is 4.86. The molecule has 2 aromatic rings. The molecule has 6 heteroatoms. The highest BCUT2D eigenvalue weighted by Crippen LogP contribution is 2.26. The number of piperazine rings is 1. The first kappa shape index (κ1) is 14.6. The second-order valence-corrected chi connectivity index (χ2v) is 6.80. The molecule has 1 atom stereocenters. The van der Waals surface area contributed by atoms with Gasteiger partial charge in [0.05, 0.1) is 5.56 Å². The number of anilines is 1. The minimum atomic E-state index is 0.266. The van der Waals surface area contributed by atoms with Crippen LogP contribution in [-0.2, 0) is 0 Å². The van der Waals surface area contributed by atoms with Crippen LogP contribution in [0.1, 0.15) is 38.4 Å². The number of aromatic nitrogens is 3. The summed E-state index contributed by atoms with van der Waals surface area (Å²) in [5.74, 6) is 2.60. The summed E-state index contributed by atoms with van der Waals surface area (Å²) in [6.45, 7) is 8.67. The molecule has 0 aliphatic carbocycles. The SMILES string of the molecule is CC(C)c1noc(-c2ccc(N3CCN4CCC[C@H]4C3)nc2)n1. The van der Waals surface area contributed by atoms with Crippen LogP contribution < -0.4 is 4.90 Å². The molecule has 0 unspecified atom stereocenters. The van der Waals surface area contributed by atoms with Crippen LogP contribution in [0.25, 0.3) is 11.5 Å². The Labute approximate surface area is 136 Å². The number of pyridine rings is 1. The Morgan fingerprint density at radius 3 is 2.87 bits per heavy atom. The van der Waals surface area contributed by atoms with Crippen molar-refractivity contribution < 1.29 is 4.52 Å². The highest BCUT2D eigenvalue weighted by molar-refractivity contribution is 5.55. The molecule has 6 nitrogen and oxygen atoms in total. The van der Waals surface area contributed by atoms with Crippen molar-refractivity contribution in [2.24, 2.45) is 0 Å². The Kier molecular flexibility index (Phi) is 3.77. The monoisotopic (exact) mass is 313 g/mol. The molecule has 0 saturated carbocycles. The molecule has 2 aliphatic heterocycles. The van der Waals surface area contributed by atoms with Crippen LogP contribution >= 0.6 is 0 Å². The highest BCUT2D eigenvalue weighted by Gasteiger charge is 2.30. The number of hydrogen-bond acceptors (Lipinski definition) is 6. The number of rotatable bonds is 3. The lowest BCUT2D eigenvalue weighted by atomic mass is 10.1. The summed E-state index contributed by atoms with van der Waals surface area (Å²) in [6.07, 6.45) is 4.49. The molecule has 2 aromatic heterocycles. The summed E-state index contributed by atoms with van der Waals surface area (Å²) < 4.78 is 5.33. The Bertz CT molecular complexity index is 666. The average Bonchev–Trinajstić information content (AvgIpc) is 3.23. The van der Waals surface area contributed by atoms with Gasteiger partial charge in [-0.3, -0.25) is 4.90 Å². The lowest BCUT2D eigenvalue weighted by molar-refractivity contribution is 0.230. The number of fused-ring (bicyclic) bond motifs is 1. The Morgan fingerprint density at radius 2 is 2.13 bits per heavy atom. The molecule has 2 aliphatic rings. The van der Waals surface area contributed by atoms with Gasteiger partial charge in [0.1, 0.15) is 5.82 Å². The van der Waals surface area contributed by atoms with Gasteiger partial charge in [-0.2, -0.15) is 4.98 Å². The molecule has 0 radical (unpaired) electrons. The Morgan fingerprint density at radius 1 is 1.22 bits per heavy atom.